The molecule has 0 atom stereocenters. The number of hydrogen-bond acceptors (Lipinski definition) is 2. The maximum atomic E-state index is 10.3. The van der Waals surface area contributed by atoms with Crippen molar-refractivity contribution in [3.05, 3.63) is 29.3 Å². The molecule has 70 valence electrons. The zero-order valence-corrected chi connectivity index (χ0v) is 7.45. The topological polar surface area (TPSA) is 57.5 Å². The minimum atomic E-state index is -0.819. The Balaban J connectivity index is 2.71. The van der Waals surface area contributed by atoms with Crippen LogP contribution in [0.2, 0.25) is 0 Å². The summed E-state index contributed by atoms with van der Waals surface area (Å²) in [6.07, 6.45) is 0.563. The molecule has 3 heteroatoms. The molecule has 2 N–H and O–H groups in total. The Kier molecular flexibility index (Phi) is 2.90. The highest BCUT2D eigenvalue weighted by molar-refractivity contribution is 5.67. The molecule has 1 aromatic carbocycles. The van der Waals surface area contributed by atoms with Crippen LogP contribution in [0.15, 0.2) is 18.2 Å². The van der Waals surface area contributed by atoms with Crippen LogP contribution in [0.3, 0.4) is 0 Å². The molecule has 0 aliphatic heterocycles. The van der Waals surface area contributed by atoms with E-state index in [4.69, 9.17) is 5.11 Å². The van der Waals surface area contributed by atoms with Crippen molar-refractivity contribution in [1.82, 2.24) is 0 Å². The summed E-state index contributed by atoms with van der Waals surface area (Å²) in [6, 6.07) is 5.11. The van der Waals surface area contributed by atoms with Crippen molar-refractivity contribution >= 4 is 5.97 Å². The predicted octanol–water partition coefficient (Wildman–Crippen LogP) is 1.72. The lowest BCUT2D eigenvalue weighted by Gasteiger charge is -2.01. The van der Waals surface area contributed by atoms with Crippen LogP contribution in [-0.2, 0) is 11.2 Å². The van der Waals surface area contributed by atoms with Gasteiger partial charge < -0.3 is 10.2 Å². The molecule has 0 aromatic heterocycles. The van der Waals surface area contributed by atoms with Crippen LogP contribution in [0.1, 0.15) is 17.5 Å². The average molecular weight is 180 g/mol. The van der Waals surface area contributed by atoms with Crippen LogP contribution in [0.25, 0.3) is 0 Å². The molecule has 1 aromatic rings. The zero-order valence-electron chi connectivity index (χ0n) is 7.45. The molecule has 0 aliphatic carbocycles. The van der Waals surface area contributed by atoms with E-state index in [2.05, 4.69) is 0 Å². The number of phenolic OH excluding ortho intramolecular Hbond substituents is 1. The second-order valence-corrected chi connectivity index (χ2v) is 3.07. The highest BCUT2D eigenvalue weighted by Crippen LogP contribution is 2.16. The van der Waals surface area contributed by atoms with Gasteiger partial charge in [0, 0.05) is 6.42 Å². The van der Waals surface area contributed by atoms with Crippen molar-refractivity contribution in [2.45, 2.75) is 19.8 Å². The van der Waals surface area contributed by atoms with Crippen LogP contribution in [0.5, 0.6) is 5.75 Å². The van der Waals surface area contributed by atoms with Gasteiger partial charge in [-0.3, -0.25) is 4.79 Å². The summed E-state index contributed by atoms with van der Waals surface area (Å²) >= 11 is 0. The third-order valence-corrected chi connectivity index (χ3v) is 1.75. The second-order valence-electron chi connectivity index (χ2n) is 3.07. The molecule has 0 saturated carbocycles. The normalized spacial score (nSPS) is 9.92. The summed E-state index contributed by atoms with van der Waals surface area (Å²) < 4.78 is 0. The lowest BCUT2D eigenvalue weighted by atomic mass is 10.1. The number of carboxylic acid groups (broad SMARTS) is 1. The third kappa shape index (κ3) is 3.15. The molecular formula is C10H12O3. The van der Waals surface area contributed by atoms with E-state index in [9.17, 15) is 9.90 Å². The number of carbonyl (C=O) groups is 1. The lowest BCUT2D eigenvalue weighted by molar-refractivity contribution is -0.136. The number of hydrogen-bond donors (Lipinski definition) is 2. The minimum Gasteiger partial charge on any atom is -0.508 e. The lowest BCUT2D eigenvalue weighted by Crippen LogP contribution is -1.97. The van der Waals surface area contributed by atoms with Gasteiger partial charge in [-0.15, -0.1) is 0 Å². The Morgan fingerprint density at radius 3 is 2.62 bits per heavy atom. The van der Waals surface area contributed by atoms with Gasteiger partial charge >= 0.3 is 5.97 Å². The predicted molar refractivity (Wildman–Crippen MR) is 48.8 cm³/mol. The van der Waals surface area contributed by atoms with Crippen LogP contribution < -0.4 is 0 Å². The Labute approximate surface area is 76.6 Å². The molecule has 0 unspecified atom stereocenters. The number of phenols is 1. The number of carboxylic acids is 1. The van der Waals surface area contributed by atoms with E-state index >= 15 is 0 Å². The molecule has 0 bridgehead atoms. The van der Waals surface area contributed by atoms with Crippen molar-refractivity contribution in [3.63, 3.8) is 0 Å². The van der Waals surface area contributed by atoms with E-state index < -0.39 is 5.97 Å². The van der Waals surface area contributed by atoms with Gasteiger partial charge in [0.15, 0.2) is 0 Å². The fraction of sp³-hybridized carbons (Fsp3) is 0.300. The van der Waals surface area contributed by atoms with Crippen molar-refractivity contribution in [3.8, 4) is 5.75 Å². The van der Waals surface area contributed by atoms with Crippen molar-refractivity contribution in [2.75, 3.05) is 0 Å². The molecular weight excluding hydrogens is 168 g/mol. The maximum Gasteiger partial charge on any atom is 0.303 e. The standard InChI is InChI=1S/C10H12O3/c1-7-4-8(2-3-10(12)13)6-9(11)5-7/h4-6,11H,2-3H2,1H3,(H,12,13). The molecule has 0 heterocycles. The molecule has 0 aliphatic rings. The molecule has 1 rings (SSSR count). The number of benzene rings is 1. The first-order valence-corrected chi connectivity index (χ1v) is 4.09. The van der Waals surface area contributed by atoms with Crippen LogP contribution in [-0.4, -0.2) is 16.2 Å². The fourth-order valence-corrected chi connectivity index (χ4v) is 1.24. The zero-order chi connectivity index (χ0) is 9.84. The Hall–Kier alpha value is -1.51. The monoisotopic (exact) mass is 180 g/mol. The van der Waals surface area contributed by atoms with E-state index in [0.29, 0.717) is 6.42 Å². The largest absolute Gasteiger partial charge is 0.508 e. The number of aromatic hydroxyl groups is 1. The summed E-state index contributed by atoms with van der Waals surface area (Å²) in [7, 11) is 0. The number of aryl methyl sites for hydroxylation is 2. The number of aliphatic carboxylic acids is 1. The van der Waals surface area contributed by atoms with Crippen molar-refractivity contribution in [2.24, 2.45) is 0 Å². The van der Waals surface area contributed by atoms with E-state index in [1.54, 1.807) is 12.1 Å². The molecule has 0 amide bonds. The average Bonchev–Trinajstić information content (AvgIpc) is 1.99. The first-order valence-electron chi connectivity index (χ1n) is 4.09. The fourth-order valence-electron chi connectivity index (χ4n) is 1.24. The quantitative estimate of drug-likeness (QED) is 0.744. The van der Waals surface area contributed by atoms with E-state index in [-0.39, 0.29) is 12.2 Å². The second kappa shape index (κ2) is 3.94. The van der Waals surface area contributed by atoms with Gasteiger partial charge in [-0.2, -0.15) is 0 Å². The first kappa shape index (κ1) is 9.58. The molecule has 0 radical (unpaired) electrons. The highest BCUT2D eigenvalue weighted by Gasteiger charge is 2.00. The number of rotatable bonds is 3. The third-order valence-electron chi connectivity index (χ3n) is 1.75. The van der Waals surface area contributed by atoms with Crippen LogP contribution in [0.4, 0.5) is 0 Å². The maximum absolute atomic E-state index is 10.3. The molecule has 3 nitrogen and oxygen atoms in total. The summed E-state index contributed by atoms with van der Waals surface area (Å²) in [5.74, 6) is -0.624. The van der Waals surface area contributed by atoms with Gasteiger partial charge in [0.25, 0.3) is 0 Å². The summed E-state index contributed by atoms with van der Waals surface area (Å²) in [4.78, 5) is 10.3. The van der Waals surface area contributed by atoms with Crippen LogP contribution >= 0.6 is 0 Å². The minimum absolute atomic E-state index is 0.100. The molecule has 0 saturated heterocycles. The van der Waals surface area contributed by atoms with Gasteiger partial charge in [0.1, 0.15) is 5.75 Å². The van der Waals surface area contributed by atoms with E-state index in [1.807, 2.05) is 13.0 Å². The van der Waals surface area contributed by atoms with E-state index in [0.717, 1.165) is 11.1 Å². The van der Waals surface area contributed by atoms with Gasteiger partial charge in [-0.05, 0) is 36.6 Å². The van der Waals surface area contributed by atoms with Crippen molar-refractivity contribution < 1.29 is 15.0 Å². The first-order chi connectivity index (χ1) is 6.08. The SMILES string of the molecule is Cc1cc(O)cc(CCC(=O)O)c1. The Morgan fingerprint density at radius 1 is 1.38 bits per heavy atom. The van der Waals surface area contributed by atoms with Gasteiger partial charge in [0.05, 0.1) is 0 Å². The summed E-state index contributed by atoms with van der Waals surface area (Å²) in [5.41, 5.74) is 1.81. The summed E-state index contributed by atoms with van der Waals surface area (Å²) in [5, 5.41) is 17.7. The molecule has 13 heavy (non-hydrogen) atoms. The smallest absolute Gasteiger partial charge is 0.303 e. The molecule has 0 fully saturated rings. The summed E-state index contributed by atoms with van der Waals surface area (Å²) in [6.45, 7) is 1.87. The van der Waals surface area contributed by atoms with Gasteiger partial charge in [-0.1, -0.05) is 6.07 Å². The highest BCUT2D eigenvalue weighted by atomic mass is 16.4. The van der Waals surface area contributed by atoms with Gasteiger partial charge in [0.2, 0.25) is 0 Å². The van der Waals surface area contributed by atoms with Gasteiger partial charge in [-0.25, -0.2) is 0 Å². The Morgan fingerprint density at radius 2 is 2.08 bits per heavy atom. The van der Waals surface area contributed by atoms with Crippen LogP contribution in [0, 0.1) is 6.92 Å². The molecule has 0 spiro atoms. The van der Waals surface area contributed by atoms with E-state index in [1.165, 1.54) is 0 Å². The Bertz CT molecular complexity index is 298. The van der Waals surface area contributed by atoms with Crippen molar-refractivity contribution in [1.29, 1.82) is 0 Å².